The van der Waals surface area contributed by atoms with E-state index in [0.29, 0.717) is 30.5 Å². The van der Waals surface area contributed by atoms with Crippen molar-refractivity contribution in [3.05, 3.63) is 51.6 Å². The van der Waals surface area contributed by atoms with Gasteiger partial charge in [-0.15, -0.1) is 0 Å². The number of hydrogen-bond donors (Lipinski definition) is 1. The van der Waals surface area contributed by atoms with Gasteiger partial charge in [0.1, 0.15) is 5.75 Å². The lowest BCUT2D eigenvalue weighted by Crippen LogP contribution is -2.24. The smallest absolute Gasteiger partial charge is 0.277 e. The number of carbonyl (C=O) groups is 1. The van der Waals surface area contributed by atoms with Gasteiger partial charge >= 0.3 is 0 Å². The molecule has 0 radical (unpaired) electrons. The highest BCUT2D eigenvalue weighted by molar-refractivity contribution is 14.1. The maximum Gasteiger partial charge on any atom is 0.277 e. The molecule has 0 saturated heterocycles. The summed E-state index contributed by atoms with van der Waals surface area (Å²) in [5.74, 6) is 1.67. The second kappa shape index (κ2) is 10.6. The number of carbonyl (C=O) groups excluding carboxylic acids is 1. The first kappa shape index (κ1) is 20.0. The van der Waals surface area contributed by atoms with E-state index < -0.39 is 0 Å². The van der Waals surface area contributed by atoms with Gasteiger partial charge < -0.3 is 14.2 Å². The Morgan fingerprint density at radius 1 is 1.12 bits per heavy atom. The number of hydrogen-bond acceptors (Lipinski definition) is 5. The van der Waals surface area contributed by atoms with Crippen LogP contribution in [0.2, 0.25) is 0 Å². The van der Waals surface area contributed by atoms with Gasteiger partial charge in [-0.3, -0.25) is 4.79 Å². The summed E-state index contributed by atoms with van der Waals surface area (Å²) in [6.45, 7) is 4.82. The standard InChI is InChI=1S/C19H21IN2O4/c1-3-24-17-11-14(10-16(20)19(17)25-4-2)12-21-22-18(23)13-26-15-8-6-5-7-9-15/h5-12H,3-4,13H2,1-2H3,(H,22,23)/b21-12-. The van der Waals surface area contributed by atoms with Crippen LogP contribution in [0.1, 0.15) is 19.4 Å². The minimum absolute atomic E-state index is 0.105. The number of halogens is 1. The van der Waals surface area contributed by atoms with Crippen molar-refractivity contribution in [2.75, 3.05) is 19.8 Å². The van der Waals surface area contributed by atoms with Gasteiger partial charge in [0.25, 0.3) is 5.91 Å². The zero-order chi connectivity index (χ0) is 18.8. The molecule has 0 atom stereocenters. The summed E-state index contributed by atoms with van der Waals surface area (Å²) in [7, 11) is 0. The molecule has 2 rings (SSSR count). The third-order valence-electron chi connectivity index (χ3n) is 3.14. The number of nitrogens with zero attached hydrogens (tertiary/aromatic N) is 1. The van der Waals surface area contributed by atoms with Crippen molar-refractivity contribution in [2.24, 2.45) is 5.10 Å². The number of ether oxygens (including phenoxy) is 3. The van der Waals surface area contributed by atoms with Crippen LogP contribution in [0, 0.1) is 3.57 Å². The first-order valence-corrected chi connectivity index (χ1v) is 9.30. The van der Waals surface area contributed by atoms with Crippen molar-refractivity contribution >= 4 is 34.7 Å². The molecular formula is C19H21IN2O4. The average molecular weight is 468 g/mol. The molecule has 0 unspecified atom stereocenters. The van der Waals surface area contributed by atoms with E-state index in [1.54, 1.807) is 18.3 Å². The molecule has 1 N–H and O–H groups in total. The van der Waals surface area contributed by atoms with Gasteiger partial charge in [0, 0.05) is 0 Å². The Morgan fingerprint density at radius 2 is 1.85 bits per heavy atom. The molecule has 1 amide bonds. The van der Waals surface area contributed by atoms with Crippen molar-refractivity contribution in [1.29, 1.82) is 0 Å². The number of benzene rings is 2. The molecule has 0 spiro atoms. The van der Waals surface area contributed by atoms with E-state index in [-0.39, 0.29) is 12.5 Å². The van der Waals surface area contributed by atoms with Crippen LogP contribution in [0.25, 0.3) is 0 Å². The Labute approximate surface area is 166 Å². The highest BCUT2D eigenvalue weighted by Gasteiger charge is 2.11. The van der Waals surface area contributed by atoms with E-state index in [9.17, 15) is 4.79 Å². The van der Waals surface area contributed by atoms with Crippen LogP contribution >= 0.6 is 22.6 Å². The van der Waals surface area contributed by atoms with Crippen LogP contribution in [0.3, 0.4) is 0 Å². The molecule has 0 saturated carbocycles. The van der Waals surface area contributed by atoms with Crippen molar-refractivity contribution < 1.29 is 19.0 Å². The molecule has 26 heavy (non-hydrogen) atoms. The SMILES string of the molecule is CCOc1cc(/C=N\NC(=O)COc2ccccc2)cc(I)c1OCC. The van der Waals surface area contributed by atoms with Crippen molar-refractivity contribution in [3.63, 3.8) is 0 Å². The Bertz CT molecular complexity index is 751. The number of para-hydroxylation sites is 1. The topological polar surface area (TPSA) is 69.2 Å². The molecular weight excluding hydrogens is 447 g/mol. The largest absolute Gasteiger partial charge is 0.490 e. The summed E-state index contributed by atoms with van der Waals surface area (Å²) < 4.78 is 17.5. The number of hydrazone groups is 1. The molecule has 0 aliphatic rings. The molecule has 0 aliphatic heterocycles. The van der Waals surface area contributed by atoms with Crippen LogP contribution in [0.5, 0.6) is 17.2 Å². The third kappa shape index (κ3) is 6.21. The monoisotopic (exact) mass is 468 g/mol. The van der Waals surface area contributed by atoms with E-state index in [2.05, 4.69) is 33.1 Å². The highest BCUT2D eigenvalue weighted by Crippen LogP contribution is 2.33. The fourth-order valence-electron chi connectivity index (χ4n) is 2.09. The van der Waals surface area contributed by atoms with Crippen LogP contribution in [0.15, 0.2) is 47.6 Å². The Balaban J connectivity index is 1.95. The summed E-state index contributed by atoms with van der Waals surface area (Å²) in [4.78, 5) is 11.8. The molecule has 0 heterocycles. The van der Waals surface area contributed by atoms with Crippen LogP contribution in [-0.2, 0) is 4.79 Å². The Morgan fingerprint density at radius 3 is 2.54 bits per heavy atom. The van der Waals surface area contributed by atoms with Gasteiger partial charge in [-0.05, 0) is 66.3 Å². The zero-order valence-corrected chi connectivity index (χ0v) is 16.9. The number of amides is 1. The molecule has 0 aromatic heterocycles. The maximum absolute atomic E-state index is 11.8. The third-order valence-corrected chi connectivity index (χ3v) is 3.94. The van der Waals surface area contributed by atoms with Crippen LogP contribution in [0.4, 0.5) is 0 Å². The second-order valence-corrected chi connectivity index (χ2v) is 6.25. The summed E-state index contributed by atoms with van der Waals surface area (Å²) in [6, 6.07) is 12.9. The first-order chi connectivity index (χ1) is 12.6. The lowest BCUT2D eigenvalue weighted by molar-refractivity contribution is -0.123. The number of nitrogens with one attached hydrogen (secondary N) is 1. The highest BCUT2D eigenvalue weighted by atomic mass is 127. The molecule has 6 nitrogen and oxygen atoms in total. The number of rotatable bonds is 9. The second-order valence-electron chi connectivity index (χ2n) is 5.09. The molecule has 7 heteroatoms. The minimum atomic E-state index is -0.337. The molecule has 138 valence electrons. The lowest BCUT2D eigenvalue weighted by Gasteiger charge is -2.13. The first-order valence-electron chi connectivity index (χ1n) is 8.23. The summed E-state index contributed by atoms with van der Waals surface area (Å²) in [5.41, 5.74) is 3.24. The molecule has 2 aromatic carbocycles. The van der Waals surface area contributed by atoms with E-state index in [4.69, 9.17) is 14.2 Å². The van der Waals surface area contributed by atoms with Gasteiger partial charge in [-0.25, -0.2) is 5.43 Å². The average Bonchev–Trinajstić information content (AvgIpc) is 2.64. The quantitative estimate of drug-likeness (QED) is 0.347. The van der Waals surface area contributed by atoms with Gasteiger partial charge in [0.2, 0.25) is 0 Å². The Hall–Kier alpha value is -2.29. The van der Waals surface area contributed by atoms with Gasteiger partial charge in [0.15, 0.2) is 18.1 Å². The summed E-state index contributed by atoms with van der Waals surface area (Å²) in [5, 5.41) is 3.97. The normalized spacial score (nSPS) is 10.6. The van der Waals surface area contributed by atoms with Gasteiger partial charge in [-0.1, -0.05) is 18.2 Å². The Kier molecular flexibility index (Phi) is 8.20. The fourth-order valence-corrected chi connectivity index (χ4v) is 2.87. The predicted octanol–water partition coefficient (Wildman–Crippen LogP) is 3.62. The van der Waals surface area contributed by atoms with Crippen LogP contribution in [-0.4, -0.2) is 31.9 Å². The van der Waals surface area contributed by atoms with Crippen molar-refractivity contribution in [3.8, 4) is 17.2 Å². The van der Waals surface area contributed by atoms with Crippen molar-refractivity contribution in [1.82, 2.24) is 5.43 Å². The zero-order valence-electron chi connectivity index (χ0n) is 14.7. The van der Waals surface area contributed by atoms with E-state index in [1.165, 1.54) is 0 Å². The van der Waals surface area contributed by atoms with Crippen LogP contribution < -0.4 is 19.6 Å². The van der Waals surface area contributed by atoms with Gasteiger partial charge in [-0.2, -0.15) is 5.10 Å². The van der Waals surface area contributed by atoms with E-state index in [1.807, 2.05) is 44.2 Å². The lowest BCUT2D eigenvalue weighted by atomic mass is 10.2. The minimum Gasteiger partial charge on any atom is -0.490 e. The molecule has 0 fully saturated rings. The van der Waals surface area contributed by atoms with Gasteiger partial charge in [0.05, 0.1) is 23.0 Å². The van der Waals surface area contributed by atoms with Crippen molar-refractivity contribution in [2.45, 2.75) is 13.8 Å². The summed E-state index contributed by atoms with van der Waals surface area (Å²) in [6.07, 6.45) is 1.56. The van der Waals surface area contributed by atoms with E-state index >= 15 is 0 Å². The molecule has 0 bridgehead atoms. The molecule has 2 aromatic rings. The molecule has 0 aliphatic carbocycles. The maximum atomic E-state index is 11.8. The predicted molar refractivity (Wildman–Crippen MR) is 109 cm³/mol. The van der Waals surface area contributed by atoms with E-state index in [0.717, 1.165) is 9.13 Å². The fraction of sp³-hybridized carbons (Fsp3) is 0.263. The summed E-state index contributed by atoms with van der Waals surface area (Å²) >= 11 is 2.19.